The van der Waals surface area contributed by atoms with Gasteiger partial charge in [-0.2, -0.15) is 9.40 Å². The van der Waals surface area contributed by atoms with Gasteiger partial charge in [-0.25, -0.2) is 8.42 Å². The van der Waals surface area contributed by atoms with Crippen molar-refractivity contribution < 1.29 is 8.42 Å². The van der Waals surface area contributed by atoms with Crippen LogP contribution in [-0.4, -0.2) is 42.1 Å². The third-order valence-corrected chi connectivity index (χ3v) is 4.57. The molecule has 1 aliphatic heterocycles. The number of rotatable bonds is 2. The van der Waals surface area contributed by atoms with E-state index < -0.39 is 10.0 Å². The van der Waals surface area contributed by atoms with Crippen LogP contribution in [0.4, 0.5) is 0 Å². The summed E-state index contributed by atoms with van der Waals surface area (Å²) in [4.78, 5) is 0.247. The summed E-state index contributed by atoms with van der Waals surface area (Å²) < 4.78 is 25.6. The van der Waals surface area contributed by atoms with Crippen molar-refractivity contribution in [3.05, 3.63) is 11.9 Å². The predicted molar refractivity (Wildman–Crippen MR) is 61.9 cm³/mol. The second kappa shape index (κ2) is 4.70. The highest BCUT2D eigenvalue weighted by atomic mass is 35.5. The number of nitrogens with zero attached hydrogens (tertiary/aromatic N) is 2. The van der Waals surface area contributed by atoms with Gasteiger partial charge in [0.1, 0.15) is 4.90 Å². The van der Waals surface area contributed by atoms with E-state index in [9.17, 15) is 8.42 Å². The lowest BCUT2D eigenvalue weighted by Crippen LogP contribution is -2.32. The van der Waals surface area contributed by atoms with Gasteiger partial charge in [0.15, 0.2) is 0 Å². The lowest BCUT2D eigenvalue weighted by molar-refractivity contribution is 0.472. The second-order valence-electron chi connectivity index (χ2n) is 3.77. The van der Waals surface area contributed by atoms with Crippen LogP contribution in [0.15, 0.2) is 11.1 Å². The van der Waals surface area contributed by atoms with Crippen molar-refractivity contribution in [1.29, 1.82) is 0 Å². The Hall–Kier alpha value is -0.630. The summed E-state index contributed by atoms with van der Waals surface area (Å²) in [5, 5.41) is 6.34. The summed E-state index contributed by atoms with van der Waals surface area (Å²) in [6.45, 7) is 2.58. The third kappa shape index (κ3) is 2.22. The van der Waals surface area contributed by atoms with Gasteiger partial charge < -0.3 is 5.73 Å². The van der Waals surface area contributed by atoms with Crippen molar-refractivity contribution >= 4 is 22.4 Å². The van der Waals surface area contributed by atoms with Crippen LogP contribution in [0.25, 0.3) is 0 Å². The molecule has 3 N–H and O–H groups in total. The Bertz CT molecular complexity index is 458. The first-order valence-corrected chi connectivity index (χ1v) is 6.21. The maximum atomic E-state index is 12.1. The smallest absolute Gasteiger partial charge is 0.246 e. The number of H-pyrrole nitrogens is 1. The van der Waals surface area contributed by atoms with E-state index >= 15 is 0 Å². The van der Waals surface area contributed by atoms with Gasteiger partial charge in [-0.05, 0) is 13.3 Å². The van der Waals surface area contributed by atoms with Crippen molar-refractivity contribution in [3.8, 4) is 0 Å². The van der Waals surface area contributed by atoms with E-state index in [-0.39, 0.29) is 23.3 Å². The molecule has 1 unspecified atom stereocenters. The maximum absolute atomic E-state index is 12.1. The zero-order valence-electron chi connectivity index (χ0n) is 8.88. The van der Waals surface area contributed by atoms with Gasteiger partial charge in [0.05, 0.1) is 11.9 Å². The number of aromatic nitrogens is 2. The summed E-state index contributed by atoms with van der Waals surface area (Å²) in [5.41, 5.74) is 6.25. The first-order valence-electron chi connectivity index (χ1n) is 4.77. The summed E-state index contributed by atoms with van der Waals surface area (Å²) in [6, 6.07) is -0.0491. The number of sulfonamides is 1. The van der Waals surface area contributed by atoms with E-state index in [1.165, 1.54) is 10.5 Å². The molecule has 0 bridgehead atoms. The van der Waals surface area contributed by atoms with Crippen LogP contribution in [0.2, 0.25) is 0 Å². The zero-order chi connectivity index (χ0) is 11.1. The van der Waals surface area contributed by atoms with Crippen molar-refractivity contribution in [2.24, 2.45) is 5.73 Å². The van der Waals surface area contributed by atoms with Gasteiger partial charge in [0.25, 0.3) is 0 Å². The number of aromatic amines is 1. The van der Waals surface area contributed by atoms with Crippen LogP contribution in [0.1, 0.15) is 12.1 Å². The molecule has 92 valence electrons. The Labute approximate surface area is 101 Å². The largest absolute Gasteiger partial charge is 0.326 e. The molecular formula is C8H15ClN4O2S. The predicted octanol–water partition coefficient (Wildman–Crippen LogP) is -0.138. The van der Waals surface area contributed by atoms with Crippen LogP contribution >= 0.6 is 12.4 Å². The minimum atomic E-state index is -3.40. The Balaban J connectivity index is 0.00000128. The van der Waals surface area contributed by atoms with Crippen LogP contribution in [0.3, 0.4) is 0 Å². The maximum Gasteiger partial charge on any atom is 0.246 e. The second-order valence-corrected chi connectivity index (χ2v) is 5.68. The third-order valence-electron chi connectivity index (χ3n) is 2.59. The number of nitrogens with two attached hydrogens (primary N) is 1. The van der Waals surface area contributed by atoms with E-state index in [0.29, 0.717) is 18.8 Å². The Morgan fingerprint density at radius 2 is 2.31 bits per heavy atom. The average Bonchev–Trinajstić information content (AvgIpc) is 2.74. The topological polar surface area (TPSA) is 92.1 Å². The lowest BCUT2D eigenvalue weighted by atomic mass is 10.3. The number of hydrogen-bond donors (Lipinski definition) is 2. The first kappa shape index (κ1) is 13.4. The SMILES string of the molecule is Cc1[nH]ncc1S(=O)(=O)N1CCC(N)C1.Cl. The van der Waals surface area contributed by atoms with Crippen LogP contribution in [-0.2, 0) is 10.0 Å². The molecule has 6 nitrogen and oxygen atoms in total. The molecule has 1 fully saturated rings. The fourth-order valence-electron chi connectivity index (χ4n) is 1.71. The molecule has 0 amide bonds. The molecule has 1 saturated heterocycles. The fraction of sp³-hybridized carbons (Fsp3) is 0.625. The van der Waals surface area contributed by atoms with Crippen LogP contribution < -0.4 is 5.73 Å². The van der Waals surface area contributed by atoms with E-state index in [1.807, 2.05) is 0 Å². The summed E-state index contributed by atoms with van der Waals surface area (Å²) in [5.74, 6) is 0. The monoisotopic (exact) mass is 266 g/mol. The van der Waals surface area contributed by atoms with Gasteiger partial charge in [-0.15, -0.1) is 12.4 Å². The van der Waals surface area contributed by atoms with Crippen molar-refractivity contribution in [3.63, 3.8) is 0 Å². The number of hydrogen-bond acceptors (Lipinski definition) is 4. The lowest BCUT2D eigenvalue weighted by Gasteiger charge is -2.14. The molecule has 0 radical (unpaired) electrons. The molecule has 0 spiro atoms. The van der Waals surface area contributed by atoms with Gasteiger partial charge in [-0.3, -0.25) is 5.10 Å². The number of halogens is 1. The first-order chi connectivity index (χ1) is 7.01. The Kier molecular flexibility index (Phi) is 3.95. The molecule has 0 saturated carbocycles. The number of aryl methyl sites for hydroxylation is 1. The van der Waals surface area contributed by atoms with Crippen molar-refractivity contribution in [2.75, 3.05) is 13.1 Å². The van der Waals surface area contributed by atoms with E-state index in [4.69, 9.17) is 5.73 Å². The Morgan fingerprint density at radius 1 is 1.62 bits per heavy atom. The average molecular weight is 267 g/mol. The molecule has 1 aromatic rings. The number of nitrogens with one attached hydrogen (secondary N) is 1. The summed E-state index contributed by atoms with van der Waals surface area (Å²) in [7, 11) is -3.40. The molecule has 0 aromatic carbocycles. The fourth-order valence-corrected chi connectivity index (χ4v) is 3.34. The molecule has 8 heteroatoms. The summed E-state index contributed by atoms with van der Waals surface area (Å²) >= 11 is 0. The van der Waals surface area contributed by atoms with E-state index in [2.05, 4.69) is 10.2 Å². The molecule has 1 atom stereocenters. The van der Waals surface area contributed by atoms with Crippen molar-refractivity contribution in [1.82, 2.24) is 14.5 Å². The zero-order valence-corrected chi connectivity index (χ0v) is 10.5. The van der Waals surface area contributed by atoms with Crippen LogP contribution in [0.5, 0.6) is 0 Å². The minimum absolute atomic E-state index is 0. The molecule has 2 heterocycles. The highest BCUT2D eigenvalue weighted by Crippen LogP contribution is 2.21. The Morgan fingerprint density at radius 3 is 2.75 bits per heavy atom. The molecule has 16 heavy (non-hydrogen) atoms. The molecule has 1 aliphatic rings. The highest BCUT2D eigenvalue weighted by Gasteiger charge is 2.32. The van der Waals surface area contributed by atoms with E-state index in [0.717, 1.165) is 6.42 Å². The standard InChI is InChI=1S/C8H14N4O2S.ClH/c1-6-8(4-10-11-6)15(13,14)12-3-2-7(9)5-12;/h4,7H,2-3,5,9H2,1H3,(H,10,11);1H. The normalized spacial score (nSPS) is 22.0. The van der Waals surface area contributed by atoms with Gasteiger partial charge in [0, 0.05) is 19.1 Å². The van der Waals surface area contributed by atoms with Gasteiger partial charge in [0.2, 0.25) is 10.0 Å². The highest BCUT2D eigenvalue weighted by molar-refractivity contribution is 7.89. The molecular weight excluding hydrogens is 252 g/mol. The van der Waals surface area contributed by atoms with Gasteiger partial charge in [-0.1, -0.05) is 0 Å². The summed E-state index contributed by atoms with van der Waals surface area (Å²) in [6.07, 6.45) is 2.06. The van der Waals surface area contributed by atoms with Gasteiger partial charge >= 0.3 is 0 Å². The quantitative estimate of drug-likeness (QED) is 0.779. The van der Waals surface area contributed by atoms with Crippen molar-refractivity contribution in [2.45, 2.75) is 24.3 Å². The van der Waals surface area contributed by atoms with Crippen LogP contribution in [0, 0.1) is 6.92 Å². The molecule has 1 aromatic heterocycles. The molecule has 2 rings (SSSR count). The molecule has 0 aliphatic carbocycles. The minimum Gasteiger partial charge on any atom is -0.326 e. The van der Waals surface area contributed by atoms with E-state index in [1.54, 1.807) is 6.92 Å².